The number of ether oxygens (including phenoxy) is 1. The van der Waals surface area contributed by atoms with Gasteiger partial charge in [-0.05, 0) is 31.0 Å². The first-order valence-electron chi connectivity index (χ1n) is 5.14. The first-order valence-corrected chi connectivity index (χ1v) is 5.52. The van der Waals surface area contributed by atoms with Crippen molar-refractivity contribution in [2.75, 3.05) is 17.7 Å². The molecule has 1 heterocycles. The zero-order valence-corrected chi connectivity index (χ0v) is 9.46. The van der Waals surface area contributed by atoms with Gasteiger partial charge in [0, 0.05) is 12.3 Å². The summed E-state index contributed by atoms with van der Waals surface area (Å²) in [5.41, 5.74) is 6.73. The van der Waals surface area contributed by atoms with Gasteiger partial charge in [-0.3, -0.25) is 4.79 Å². The topological polar surface area (TPSA) is 64.3 Å². The first kappa shape index (κ1) is 11.2. The third-order valence-corrected chi connectivity index (χ3v) is 2.83. The quantitative estimate of drug-likeness (QED) is 0.778. The van der Waals surface area contributed by atoms with Gasteiger partial charge in [-0.2, -0.15) is 0 Å². The molecule has 1 fully saturated rings. The van der Waals surface area contributed by atoms with Gasteiger partial charge in [0.15, 0.2) is 0 Å². The van der Waals surface area contributed by atoms with E-state index in [4.69, 9.17) is 22.1 Å². The van der Waals surface area contributed by atoms with Gasteiger partial charge >= 0.3 is 0 Å². The molecule has 0 unspecified atom stereocenters. The molecule has 16 heavy (non-hydrogen) atoms. The molecule has 1 aromatic carbocycles. The van der Waals surface area contributed by atoms with E-state index in [9.17, 15) is 4.79 Å². The molecule has 0 spiro atoms. The van der Waals surface area contributed by atoms with E-state index in [1.807, 2.05) is 0 Å². The molecule has 1 aromatic rings. The van der Waals surface area contributed by atoms with Crippen LogP contribution in [0.15, 0.2) is 18.2 Å². The van der Waals surface area contributed by atoms with Crippen molar-refractivity contribution in [2.24, 2.45) is 0 Å². The Morgan fingerprint density at radius 2 is 2.38 bits per heavy atom. The summed E-state index contributed by atoms with van der Waals surface area (Å²) in [6, 6.07) is 5.00. The predicted molar refractivity (Wildman–Crippen MR) is 63.5 cm³/mol. The van der Waals surface area contributed by atoms with E-state index in [1.54, 1.807) is 18.2 Å². The van der Waals surface area contributed by atoms with Gasteiger partial charge in [0.1, 0.15) is 6.10 Å². The minimum atomic E-state index is -0.336. The number of amides is 1. The molecule has 2 rings (SSSR count). The van der Waals surface area contributed by atoms with Crippen LogP contribution in [0, 0.1) is 0 Å². The third-order valence-electron chi connectivity index (χ3n) is 2.49. The lowest BCUT2D eigenvalue weighted by molar-refractivity contribution is -0.124. The standard InChI is InChI=1S/C11H13ClN2O2/c12-8-4-3-7(6-9(8)13)14-11(15)10-2-1-5-16-10/h3-4,6,10H,1-2,5,13H2,(H,14,15)/t10-/m0/s1. The lowest BCUT2D eigenvalue weighted by atomic mass is 10.2. The maximum Gasteiger partial charge on any atom is 0.253 e. The summed E-state index contributed by atoms with van der Waals surface area (Å²) in [6.45, 7) is 0.654. The Morgan fingerprint density at radius 1 is 1.56 bits per heavy atom. The molecule has 1 saturated heterocycles. The highest BCUT2D eigenvalue weighted by atomic mass is 35.5. The monoisotopic (exact) mass is 240 g/mol. The lowest BCUT2D eigenvalue weighted by Gasteiger charge is -2.11. The number of nitrogens with one attached hydrogen (secondary N) is 1. The second kappa shape index (κ2) is 4.72. The average Bonchev–Trinajstić information content (AvgIpc) is 2.77. The first-order chi connectivity index (χ1) is 7.66. The van der Waals surface area contributed by atoms with E-state index in [-0.39, 0.29) is 12.0 Å². The van der Waals surface area contributed by atoms with Crippen LogP contribution < -0.4 is 11.1 Å². The predicted octanol–water partition coefficient (Wildman–Crippen LogP) is 2.04. The van der Waals surface area contributed by atoms with Crippen molar-refractivity contribution in [3.8, 4) is 0 Å². The molecule has 1 atom stereocenters. The van der Waals surface area contributed by atoms with Gasteiger partial charge in [-0.1, -0.05) is 11.6 Å². The highest BCUT2D eigenvalue weighted by Crippen LogP contribution is 2.23. The van der Waals surface area contributed by atoms with Crippen LogP contribution in [0.1, 0.15) is 12.8 Å². The van der Waals surface area contributed by atoms with E-state index in [0.29, 0.717) is 23.0 Å². The highest BCUT2D eigenvalue weighted by Gasteiger charge is 2.23. The number of nitrogens with two attached hydrogens (primary N) is 1. The summed E-state index contributed by atoms with van der Waals surface area (Å²) in [5, 5.41) is 3.23. The van der Waals surface area contributed by atoms with Crippen molar-refractivity contribution >= 4 is 28.9 Å². The molecule has 0 aliphatic carbocycles. The minimum Gasteiger partial charge on any atom is -0.397 e. The van der Waals surface area contributed by atoms with Crippen molar-refractivity contribution in [3.63, 3.8) is 0 Å². The smallest absolute Gasteiger partial charge is 0.253 e. The summed E-state index contributed by atoms with van der Waals surface area (Å²) in [7, 11) is 0. The Kier molecular flexibility index (Phi) is 3.31. The summed E-state index contributed by atoms with van der Waals surface area (Å²) < 4.78 is 5.27. The number of carbonyl (C=O) groups is 1. The number of carbonyl (C=O) groups excluding carboxylic acids is 1. The molecular weight excluding hydrogens is 228 g/mol. The van der Waals surface area contributed by atoms with Crippen LogP contribution in [0.2, 0.25) is 5.02 Å². The fourth-order valence-electron chi connectivity index (χ4n) is 1.63. The molecule has 0 radical (unpaired) electrons. The number of benzene rings is 1. The Hall–Kier alpha value is -1.26. The van der Waals surface area contributed by atoms with Crippen molar-refractivity contribution in [1.82, 2.24) is 0 Å². The highest BCUT2D eigenvalue weighted by molar-refractivity contribution is 6.33. The second-order valence-electron chi connectivity index (χ2n) is 3.73. The van der Waals surface area contributed by atoms with Gasteiger partial charge in [0.25, 0.3) is 5.91 Å². The maximum atomic E-state index is 11.7. The number of nitrogen functional groups attached to an aromatic ring is 1. The molecule has 86 valence electrons. The maximum absolute atomic E-state index is 11.7. The molecule has 5 heteroatoms. The van der Waals surface area contributed by atoms with Gasteiger partial charge in [0.05, 0.1) is 10.7 Å². The van der Waals surface area contributed by atoms with Gasteiger partial charge in [0.2, 0.25) is 0 Å². The second-order valence-corrected chi connectivity index (χ2v) is 4.13. The zero-order valence-electron chi connectivity index (χ0n) is 8.70. The van der Waals surface area contributed by atoms with Gasteiger partial charge in [-0.15, -0.1) is 0 Å². The number of hydrogen-bond donors (Lipinski definition) is 2. The van der Waals surface area contributed by atoms with Crippen LogP contribution in [0.5, 0.6) is 0 Å². The minimum absolute atomic E-state index is 0.126. The lowest BCUT2D eigenvalue weighted by Crippen LogP contribution is -2.26. The van der Waals surface area contributed by atoms with E-state index >= 15 is 0 Å². The normalized spacial score (nSPS) is 19.7. The number of halogens is 1. The van der Waals surface area contributed by atoms with Gasteiger partial charge < -0.3 is 15.8 Å². The van der Waals surface area contributed by atoms with Crippen LogP contribution >= 0.6 is 11.6 Å². The molecule has 0 aromatic heterocycles. The van der Waals surface area contributed by atoms with Crippen molar-refractivity contribution < 1.29 is 9.53 Å². The largest absolute Gasteiger partial charge is 0.397 e. The molecule has 1 amide bonds. The van der Waals surface area contributed by atoms with Crippen LogP contribution in [-0.2, 0) is 9.53 Å². The van der Waals surface area contributed by atoms with Crippen LogP contribution in [0.25, 0.3) is 0 Å². The summed E-state index contributed by atoms with van der Waals surface area (Å²) in [6.07, 6.45) is 1.37. The SMILES string of the molecule is Nc1cc(NC(=O)[C@@H]2CCCO2)ccc1Cl. The number of hydrogen-bond acceptors (Lipinski definition) is 3. The number of rotatable bonds is 2. The van der Waals surface area contributed by atoms with Crippen LogP contribution in [0.3, 0.4) is 0 Å². The van der Waals surface area contributed by atoms with E-state index < -0.39 is 0 Å². The van der Waals surface area contributed by atoms with Crippen LogP contribution in [0.4, 0.5) is 11.4 Å². The molecule has 0 bridgehead atoms. The van der Waals surface area contributed by atoms with E-state index in [0.717, 1.165) is 12.8 Å². The van der Waals surface area contributed by atoms with E-state index in [2.05, 4.69) is 5.32 Å². The molecule has 1 aliphatic heterocycles. The van der Waals surface area contributed by atoms with Crippen molar-refractivity contribution in [2.45, 2.75) is 18.9 Å². The van der Waals surface area contributed by atoms with Crippen LogP contribution in [-0.4, -0.2) is 18.6 Å². The average molecular weight is 241 g/mol. The number of anilines is 2. The van der Waals surface area contributed by atoms with Crippen molar-refractivity contribution in [3.05, 3.63) is 23.2 Å². The Labute approximate surface area is 98.7 Å². The Bertz CT molecular complexity index is 403. The molecule has 4 nitrogen and oxygen atoms in total. The summed E-state index contributed by atoms with van der Waals surface area (Å²) in [4.78, 5) is 11.7. The molecule has 0 saturated carbocycles. The molecule has 1 aliphatic rings. The summed E-state index contributed by atoms with van der Waals surface area (Å²) >= 11 is 5.78. The van der Waals surface area contributed by atoms with Gasteiger partial charge in [-0.25, -0.2) is 0 Å². The molecule has 3 N–H and O–H groups in total. The van der Waals surface area contributed by atoms with E-state index in [1.165, 1.54) is 0 Å². The molecular formula is C11H13ClN2O2. The fraction of sp³-hybridized carbons (Fsp3) is 0.364. The zero-order chi connectivity index (χ0) is 11.5. The fourth-order valence-corrected chi connectivity index (χ4v) is 1.75. The third kappa shape index (κ3) is 2.46. The summed E-state index contributed by atoms with van der Waals surface area (Å²) in [5.74, 6) is -0.126. The van der Waals surface area contributed by atoms with Crippen molar-refractivity contribution in [1.29, 1.82) is 0 Å². The Balaban J connectivity index is 2.02. The Morgan fingerprint density at radius 3 is 3.00 bits per heavy atom.